The van der Waals surface area contributed by atoms with E-state index in [1.807, 2.05) is 30.3 Å². The van der Waals surface area contributed by atoms with Gasteiger partial charge in [0.1, 0.15) is 6.61 Å². The average molecular weight is 289 g/mol. The Kier molecular flexibility index (Phi) is 6.91. The lowest BCUT2D eigenvalue weighted by Gasteiger charge is -2.25. The van der Waals surface area contributed by atoms with Crippen LogP contribution in [0.25, 0.3) is 0 Å². The molecule has 5 heteroatoms. The average Bonchev–Trinajstić information content (AvgIpc) is 2.53. The molecule has 0 aliphatic heterocycles. The summed E-state index contributed by atoms with van der Waals surface area (Å²) in [5.74, 6) is -1.07. The van der Waals surface area contributed by atoms with E-state index in [0.29, 0.717) is 0 Å². The molecule has 0 N–H and O–H groups in total. The Labute approximate surface area is 124 Å². The van der Waals surface area contributed by atoms with E-state index in [4.69, 9.17) is 9.57 Å². The molecule has 0 spiro atoms. The zero-order valence-electron chi connectivity index (χ0n) is 12.0. The zero-order valence-corrected chi connectivity index (χ0v) is 12.0. The molecule has 0 aliphatic carbocycles. The van der Waals surface area contributed by atoms with Crippen molar-refractivity contribution in [2.24, 2.45) is 0 Å². The lowest BCUT2D eigenvalue weighted by Crippen LogP contribution is -2.43. The highest BCUT2D eigenvalue weighted by atomic mass is 16.7. The Balaban J connectivity index is 2.62. The first-order valence-corrected chi connectivity index (χ1v) is 6.50. The van der Waals surface area contributed by atoms with Gasteiger partial charge in [-0.05, 0) is 18.6 Å². The monoisotopic (exact) mass is 289 g/mol. The van der Waals surface area contributed by atoms with Gasteiger partial charge in [-0.1, -0.05) is 43.0 Å². The van der Waals surface area contributed by atoms with Crippen LogP contribution in [0.3, 0.4) is 0 Å². The Morgan fingerprint density at radius 1 is 1.29 bits per heavy atom. The van der Waals surface area contributed by atoms with Crippen LogP contribution in [-0.4, -0.2) is 29.6 Å². The van der Waals surface area contributed by atoms with Crippen LogP contribution in [0.15, 0.2) is 55.6 Å². The van der Waals surface area contributed by atoms with E-state index in [2.05, 4.69) is 13.2 Å². The number of benzene rings is 1. The van der Waals surface area contributed by atoms with E-state index in [0.717, 1.165) is 16.7 Å². The molecule has 0 aliphatic rings. The Bertz CT molecular complexity index is 498. The van der Waals surface area contributed by atoms with Gasteiger partial charge in [-0.25, -0.2) is 9.86 Å². The predicted molar refractivity (Wildman–Crippen MR) is 78.9 cm³/mol. The van der Waals surface area contributed by atoms with Gasteiger partial charge in [0.2, 0.25) is 0 Å². The van der Waals surface area contributed by atoms with Crippen molar-refractivity contribution in [2.75, 3.05) is 6.61 Å². The standard InChI is InChI=1S/C16H19NO4/c1-4-11-21-17(15(18)5-2)13(3)16(19)20-12-14-9-7-6-8-10-14/h4-10,13H,1-2,11-12H2,3H3/t13-/m0/s1. The number of carbonyl (C=O) groups excluding carboxylic acids is 2. The first-order valence-electron chi connectivity index (χ1n) is 6.50. The van der Waals surface area contributed by atoms with Crippen LogP contribution in [-0.2, 0) is 25.8 Å². The van der Waals surface area contributed by atoms with E-state index in [1.54, 1.807) is 0 Å². The molecule has 0 saturated heterocycles. The molecular weight excluding hydrogens is 270 g/mol. The SMILES string of the molecule is C=CCON(C(=O)C=C)[C@@H](C)C(=O)OCc1ccccc1. The molecule has 112 valence electrons. The number of rotatable bonds is 8. The summed E-state index contributed by atoms with van der Waals surface area (Å²) >= 11 is 0. The van der Waals surface area contributed by atoms with Crippen LogP contribution in [0.5, 0.6) is 0 Å². The number of nitrogens with zero attached hydrogens (tertiary/aromatic N) is 1. The molecule has 1 aromatic rings. The lowest BCUT2D eigenvalue weighted by molar-refractivity contribution is -0.199. The van der Waals surface area contributed by atoms with Gasteiger partial charge in [0, 0.05) is 0 Å². The summed E-state index contributed by atoms with van der Waals surface area (Å²) in [6.45, 7) is 8.64. The number of hydroxylamine groups is 2. The van der Waals surface area contributed by atoms with Gasteiger partial charge >= 0.3 is 5.97 Å². The second-order valence-electron chi connectivity index (χ2n) is 4.22. The molecular formula is C16H19NO4. The molecule has 0 saturated carbocycles. The third kappa shape index (κ3) is 5.24. The Hall–Kier alpha value is -2.40. The summed E-state index contributed by atoms with van der Waals surface area (Å²) in [4.78, 5) is 28.8. The molecule has 1 atom stereocenters. The van der Waals surface area contributed by atoms with E-state index in [-0.39, 0.29) is 13.2 Å². The zero-order chi connectivity index (χ0) is 15.7. The summed E-state index contributed by atoms with van der Waals surface area (Å²) in [5, 5.41) is 0.933. The van der Waals surface area contributed by atoms with Gasteiger partial charge < -0.3 is 4.74 Å². The van der Waals surface area contributed by atoms with Crippen LogP contribution < -0.4 is 0 Å². The first-order chi connectivity index (χ1) is 10.1. The summed E-state index contributed by atoms with van der Waals surface area (Å²) in [7, 11) is 0. The maximum Gasteiger partial charge on any atom is 0.331 e. The van der Waals surface area contributed by atoms with Crippen molar-refractivity contribution in [3.63, 3.8) is 0 Å². The number of carbonyl (C=O) groups is 2. The number of esters is 1. The lowest BCUT2D eigenvalue weighted by atomic mass is 10.2. The number of ether oxygens (including phenoxy) is 1. The highest BCUT2D eigenvalue weighted by Crippen LogP contribution is 2.07. The van der Waals surface area contributed by atoms with Gasteiger partial charge in [0.25, 0.3) is 5.91 Å². The van der Waals surface area contributed by atoms with Gasteiger partial charge in [-0.3, -0.25) is 9.63 Å². The van der Waals surface area contributed by atoms with Crippen LogP contribution in [0.1, 0.15) is 12.5 Å². The summed E-state index contributed by atoms with van der Waals surface area (Å²) < 4.78 is 5.17. The third-order valence-electron chi connectivity index (χ3n) is 2.64. The van der Waals surface area contributed by atoms with E-state index in [1.165, 1.54) is 13.0 Å². The Morgan fingerprint density at radius 2 is 1.95 bits per heavy atom. The topological polar surface area (TPSA) is 55.8 Å². The number of amides is 1. The molecule has 0 aromatic heterocycles. The molecule has 1 rings (SSSR count). The normalized spacial score (nSPS) is 11.3. The van der Waals surface area contributed by atoms with Crippen molar-refractivity contribution in [3.8, 4) is 0 Å². The van der Waals surface area contributed by atoms with E-state index >= 15 is 0 Å². The molecule has 0 heterocycles. The van der Waals surface area contributed by atoms with Gasteiger partial charge in [0.15, 0.2) is 6.04 Å². The largest absolute Gasteiger partial charge is 0.459 e. The van der Waals surface area contributed by atoms with Crippen molar-refractivity contribution >= 4 is 11.9 Å². The molecule has 1 aromatic carbocycles. The summed E-state index contributed by atoms with van der Waals surface area (Å²) in [6, 6.07) is 8.40. The smallest absolute Gasteiger partial charge is 0.331 e. The predicted octanol–water partition coefficient (Wildman–Crippen LogP) is 2.25. The fourth-order valence-corrected chi connectivity index (χ4v) is 1.53. The van der Waals surface area contributed by atoms with Crippen LogP contribution in [0.2, 0.25) is 0 Å². The minimum atomic E-state index is -0.876. The van der Waals surface area contributed by atoms with Crippen molar-refractivity contribution in [1.29, 1.82) is 0 Å². The van der Waals surface area contributed by atoms with Crippen LogP contribution in [0, 0.1) is 0 Å². The minimum absolute atomic E-state index is 0.107. The van der Waals surface area contributed by atoms with Gasteiger partial charge in [-0.2, -0.15) is 0 Å². The molecule has 5 nitrogen and oxygen atoms in total. The second-order valence-corrected chi connectivity index (χ2v) is 4.22. The fourth-order valence-electron chi connectivity index (χ4n) is 1.53. The van der Waals surface area contributed by atoms with Gasteiger partial charge in [0.05, 0.1) is 6.61 Å². The quantitative estimate of drug-likeness (QED) is 0.319. The van der Waals surface area contributed by atoms with Gasteiger partial charge in [-0.15, -0.1) is 6.58 Å². The van der Waals surface area contributed by atoms with Crippen LogP contribution >= 0.6 is 0 Å². The maximum absolute atomic E-state index is 12.0. The number of hydrogen-bond acceptors (Lipinski definition) is 4. The van der Waals surface area contributed by atoms with Crippen LogP contribution in [0.4, 0.5) is 0 Å². The van der Waals surface area contributed by atoms with Crippen molar-refractivity contribution in [2.45, 2.75) is 19.6 Å². The highest BCUT2D eigenvalue weighted by Gasteiger charge is 2.26. The van der Waals surface area contributed by atoms with Crippen molar-refractivity contribution in [3.05, 3.63) is 61.2 Å². The van der Waals surface area contributed by atoms with E-state index < -0.39 is 17.9 Å². The molecule has 1 amide bonds. The first kappa shape index (κ1) is 16.7. The molecule has 0 radical (unpaired) electrons. The molecule has 0 bridgehead atoms. The van der Waals surface area contributed by atoms with Crippen molar-refractivity contribution < 1.29 is 19.2 Å². The highest BCUT2D eigenvalue weighted by molar-refractivity contribution is 5.90. The summed E-state index contributed by atoms with van der Waals surface area (Å²) in [5.41, 5.74) is 0.867. The van der Waals surface area contributed by atoms with E-state index in [9.17, 15) is 9.59 Å². The Morgan fingerprint density at radius 3 is 2.52 bits per heavy atom. The minimum Gasteiger partial charge on any atom is -0.459 e. The molecule has 21 heavy (non-hydrogen) atoms. The summed E-state index contributed by atoms with van der Waals surface area (Å²) in [6.07, 6.45) is 2.55. The van der Waals surface area contributed by atoms with Crippen molar-refractivity contribution in [1.82, 2.24) is 5.06 Å². The maximum atomic E-state index is 12.0. The number of hydrogen-bond donors (Lipinski definition) is 0. The molecule has 0 unspecified atom stereocenters. The molecule has 0 fully saturated rings. The fraction of sp³-hybridized carbons (Fsp3) is 0.250. The third-order valence-corrected chi connectivity index (χ3v) is 2.64. The second kappa shape index (κ2) is 8.71.